The van der Waals surface area contributed by atoms with E-state index in [1.54, 1.807) is 87.2 Å². The van der Waals surface area contributed by atoms with E-state index < -0.39 is 19.7 Å². The fourth-order valence-electron chi connectivity index (χ4n) is 7.59. The molecule has 3 N–H and O–H groups in total. The maximum Gasteiger partial charge on any atom is 0.251 e. The van der Waals surface area contributed by atoms with Crippen molar-refractivity contribution in [3.05, 3.63) is 143 Å². The van der Waals surface area contributed by atoms with Gasteiger partial charge >= 0.3 is 0 Å². The molecule has 0 unspecified atom stereocenters. The number of sulfone groups is 2. The fourth-order valence-corrected chi connectivity index (χ4v) is 11.2. The number of oxazole rings is 2. The molecule has 4 aromatic heterocycles. The summed E-state index contributed by atoms with van der Waals surface area (Å²) in [6, 6.07) is 21.2. The number of rotatable bonds is 14. The highest BCUT2D eigenvalue weighted by Crippen LogP contribution is 2.28. The number of carbonyl (C=O) groups excluding carboxylic acids is 2. The number of aryl methyl sites for hydroxylation is 2. The molecular weight excluding hydrogens is 869 g/mol. The predicted molar refractivity (Wildman–Crippen MR) is 246 cm³/mol. The fraction of sp³-hybridized carbons (Fsp3) is 0.362. The Bertz CT molecular complexity index is 2750. The summed E-state index contributed by atoms with van der Waals surface area (Å²) < 4.78 is 62.9. The van der Waals surface area contributed by atoms with Crippen LogP contribution in [-0.2, 0) is 44.3 Å². The van der Waals surface area contributed by atoms with Crippen LogP contribution in [-0.4, -0.2) is 97.2 Å². The smallest absolute Gasteiger partial charge is 0.251 e. The summed E-state index contributed by atoms with van der Waals surface area (Å²) in [6.45, 7) is 7.25. The lowest BCUT2D eigenvalue weighted by atomic mass is 10.1. The summed E-state index contributed by atoms with van der Waals surface area (Å²) in [7, 11) is -4.59. The first-order valence-electron chi connectivity index (χ1n) is 21.5. The third-order valence-electron chi connectivity index (χ3n) is 11.6. The molecular formula is C47H54N8O8S2. The van der Waals surface area contributed by atoms with E-state index >= 15 is 0 Å². The van der Waals surface area contributed by atoms with Gasteiger partial charge in [-0.05, 0) is 145 Å². The van der Waals surface area contributed by atoms with Crippen LogP contribution in [0, 0.1) is 13.8 Å². The molecule has 8 rings (SSSR count). The first kappa shape index (κ1) is 46.9. The molecule has 2 aliphatic rings. The van der Waals surface area contributed by atoms with Crippen LogP contribution in [0.3, 0.4) is 0 Å². The van der Waals surface area contributed by atoms with Gasteiger partial charge in [-0.1, -0.05) is 12.1 Å². The highest BCUT2D eigenvalue weighted by Gasteiger charge is 2.32. The van der Waals surface area contributed by atoms with Crippen LogP contribution in [0.25, 0.3) is 22.9 Å². The van der Waals surface area contributed by atoms with Gasteiger partial charge in [-0.25, -0.2) is 26.8 Å². The molecule has 2 amide bonds. The first-order chi connectivity index (χ1) is 31.2. The lowest BCUT2D eigenvalue weighted by molar-refractivity contribution is 0.0943. The van der Waals surface area contributed by atoms with E-state index in [1.165, 1.54) is 0 Å². The van der Waals surface area contributed by atoms with Gasteiger partial charge in [-0.3, -0.25) is 19.6 Å². The molecule has 0 aliphatic carbocycles. The van der Waals surface area contributed by atoms with Gasteiger partial charge in [0, 0.05) is 60.1 Å². The molecule has 65 heavy (non-hydrogen) atoms. The molecule has 2 fully saturated rings. The number of nitrogens with one attached hydrogen (secondary N) is 3. The predicted octanol–water partition coefficient (Wildman–Crippen LogP) is 5.63. The van der Waals surface area contributed by atoms with Crippen molar-refractivity contribution >= 4 is 31.5 Å². The highest BCUT2D eigenvalue weighted by atomic mass is 32.2. The second-order valence-corrected chi connectivity index (χ2v) is 20.9. The summed E-state index contributed by atoms with van der Waals surface area (Å²) >= 11 is 0. The molecule has 0 bridgehead atoms. The molecule has 0 spiro atoms. The van der Waals surface area contributed by atoms with E-state index in [0.29, 0.717) is 95.7 Å². The van der Waals surface area contributed by atoms with E-state index in [0.717, 1.165) is 37.3 Å². The number of piperidine rings is 2. The van der Waals surface area contributed by atoms with Gasteiger partial charge in [-0.15, -0.1) is 0 Å². The maximum absolute atomic E-state index is 12.9. The van der Waals surface area contributed by atoms with Crippen molar-refractivity contribution in [2.45, 2.75) is 74.6 Å². The Kier molecular flexibility index (Phi) is 15.3. The van der Waals surface area contributed by atoms with E-state index in [1.807, 2.05) is 31.3 Å². The van der Waals surface area contributed by atoms with Crippen molar-refractivity contribution in [1.82, 2.24) is 40.8 Å². The number of benzene rings is 2. The number of aromatic nitrogens is 4. The SMILES string of the molecule is Cc1oc(-c2ccc(C(=O)NCc3cccnc3)cc2)nc1CS(=O)(=O)C1CCN(C)CC1.Cc1oc(-c2ccc(C(=O)NCc3cccnc3)cc2)nc1CS(=O)(=O)C1CCNCC1. The maximum atomic E-state index is 12.9. The zero-order valence-corrected chi connectivity index (χ0v) is 38.3. The lowest BCUT2D eigenvalue weighted by Crippen LogP contribution is -2.37. The zero-order valence-electron chi connectivity index (χ0n) is 36.7. The van der Waals surface area contributed by atoms with Gasteiger partial charge in [-0.2, -0.15) is 0 Å². The first-order valence-corrected chi connectivity index (χ1v) is 25.0. The number of nitrogens with zero attached hydrogens (tertiary/aromatic N) is 5. The monoisotopic (exact) mass is 922 g/mol. The summed E-state index contributed by atoms with van der Waals surface area (Å²) in [4.78, 5) is 43.9. The minimum atomic E-state index is -3.30. The molecule has 0 saturated carbocycles. The van der Waals surface area contributed by atoms with Crippen molar-refractivity contribution < 1.29 is 35.3 Å². The molecule has 342 valence electrons. The van der Waals surface area contributed by atoms with Gasteiger partial charge < -0.3 is 29.7 Å². The number of amides is 2. The highest BCUT2D eigenvalue weighted by molar-refractivity contribution is 7.91. The van der Waals surface area contributed by atoms with E-state index in [9.17, 15) is 26.4 Å². The summed E-state index contributed by atoms with van der Waals surface area (Å²) in [6.07, 6.45) is 9.31. The van der Waals surface area contributed by atoms with E-state index in [-0.39, 0.29) is 33.8 Å². The van der Waals surface area contributed by atoms with Gasteiger partial charge in [0.2, 0.25) is 11.8 Å². The minimum absolute atomic E-state index is 0.119. The van der Waals surface area contributed by atoms with Crippen molar-refractivity contribution in [2.24, 2.45) is 0 Å². The second-order valence-electron chi connectivity index (χ2n) is 16.4. The third kappa shape index (κ3) is 12.6. The Morgan fingerprint density at radius 2 is 1.06 bits per heavy atom. The van der Waals surface area contributed by atoms with Crippen LogP contribution < -0.4 is 16.0 Å². The molecule has 6 heterocycles. The van der Waals surface area contributed by atoms with Gasteiger partial charge in [0.05, 0.1) is 33.4 Å². The number of hydrogen-bond acceptors (Lipinski definition) is 14. The number of pyridine rings is 2. The van der Waals surface area contributed by atoms with Crippen molar-refractivity contribution in [3.63, 3.8) is 0 Å². The quantitative estimate of drug-likeness (QED) is 0.121. The van der Waals surface area contributed by atoms with Crippen molar-refractivity contribution in [2.75, 3.05) is 33.2 Å². The molecule has 2 aliphatic heterocycles. The topological polar surface area (TPSA) is 220 Å². The lowest BCUT2D eigenvalue weighted by Gasteiger charge is -2.28. The third-order valence-corrected chi connectivity index (χ3v) is 15.9. The van der Waals surface area contributed by atoms with Crippen LogP contribution in [0.15, 0.2) is 106 Å². The minimum Gasteiger partial charge on any atom is -0.441 e. The van der Waals surface area contributed by atoms with Gasteiger partial charge in [0.15, 0.2) is 19.7 Å². The van der Waals surface area contributed by atoms with Gasteiger partial charge in [0.25, 0.3) is 11.8 Å². The molecule has 16 nitrogen and oxygen atoms in total. The number of likely N-dealkylation sites (tertiary alicyclic amines) is 1. The summed E-state index contributed by atoms with van der Waals surface area (Å²) in [5, 5.41) is 8.23. The van der Waals surface area contributed by atoms with Gasteiger partial charge in [0.1, 0.15) is 11.5 Å². The zero-order chi connectivity index (χ0) is 46.0. The Morgan fingerprint density at radius 3 is 1.46 bits per heavy atom. The van der Waals surface area contributed by atoms with E-state index in [4.69, 9.17) is 8.83 Å². The van der Waals surface area contributed by atoms with E-state index in [2.05, 4.69) is 40.8 Å². The summed E-state index contributed by atoms with van der Waals surface area (Å²) in [5.41, 5.74) is 5.11. The van der Waals surface area contributed by atoms with Crippen LogP contribution in [0.5, 0.6) is 0 Å². The van der Waals surface area contributed by atoms with Crippen LogP contribution in [0.1, 0.15) is 80.4 Å². The van der Waals surface area contributed by atoms with Crippen molar-refractivity contribution in [3.8, 4) is 22.9 Å². The molecule has 18 heteroatoms. The molecule has 0 radical (unpaired) electrons. The Balaban J connectivity index is 0.000000194. The Labute approximate surface area is 379 Å². The normalized spacial score (nSPS) is 15.2. The number of carbonyl (C=O) groups is 2. The Morgan fingerprint density at radius 1 is 0.646 bits per heavy atom. The standard InChI is InChI=1S/C24H28N4O4S.C23H26N4O4S/c1-17-22(16-33(30,31)21-9-12-28(2)13-10-21)27-24(32-17)20-7-5-19(6-8-20)23(29)26-15-18-4-3-11-25-14-18;1-16-21(15-32(29,30)20-8-11-24-12-9-20)27-23(31-16)19-6-4-18(5-7-19)22(28)26-14-17-3-2-10-25-13-17/h3-8,11,14,21H,9-10,12-13,15-16H2,1-2H3,(H,26,29);2-7,10,13,20,24H,8-9,11-12,14-15H2,1H3,(H,26,28). The van der Waals surface area contributed by atoms with Crippen LogP contribution in [0.2, 0.25) is 0 Å². The molecule has 0 atom stereocenters. The molecule has 6 aromatic rings. The number of hydrogen-bond donors (Lipinski definition) is 3. The summed E-state index contributed by atoms with van der Waals surface area (Å²) in [5.74, 6) is 1.06. The van der Waals surface area contributed by atoms with Crippen LogP contribution in [0.4, 0.5) is 0 Å². The Hall–Kier alpha value is -6.08. The average Bonchev–Trinajstić information content (AvgIpc) is 3.88. The molecule has 2 saturated heterocycles. The second kappa shape index (κ2) is 21.3. The van der Waals surface area contributed by atoms with Crippen LogP contribution >= 0.6 is 0 Å². The van der Waals surface area contributed by atoms with Crippen molar-refractivity contribution in [1.29, 1.82) is 0 Å². The molecule has 2 aromatic carbocycles. The largest absolute Gasteiger partial charge is 0.441 e. The average molecular weight is 923 g/mol.